The molecule has 0 aliphatic carbocycles. The summed E-state index contributed by atoms with van der Waals surface area (Å²) in [5.41, 5.74) is 6.72. The van der Waals surface area contributed by atoms with Crippen molar-refractivity contribution < 1.29 is 8.83 Å². The molecule has 0 unspecified atom stereocenters. The van der Waals surface area contributed by atoms with Crippen molar-refractivity contribution in [3.63, 3.8) is 0 Å². The number of nitrogens with zero attached hydrogens (tertiary/aromatic N) is 4. The molecule has 0 fully saturated rings. The van der Waals surface area contributed by atoms with Crippen LogP contribution in [0.25, 0.3) is 89.4 Å². The first-order chi connectivity index (χ1) is 21.8. The SMILES string of the molecule is c1ccc(-c2nc(-c3ccccc3)nc(-c3ccc(-c4nc5c(ccc6oc7cc8ccccc8cc7c65)o4)cc3)n2)cc1. The summed E-state index contributed by atoms with van der Waals surface area (Å²) in [4.78, 5) is 19.4. The molecular formula is C38H22N4O2. The number of aromatic nitrogens is 4. The summed E-state index contributed by atoms with van der Waals surface area (Å²) < 4.78 is 12.5. The monoisotopic (exact) mass is 566 g/mol. The Kier molecular flexibility index (Phi) is 5.40. The van der Waals surface area contributed by atoms with Gasteiger partial charge < -0.3 is 8.83 Å². The number of hydrogen-bond donors (Lipinski definition) is 0. The van der Waals surface area contributed by atoms with Crippen molar-refractivity contribution in [2.75, 3.05) is 0 Å². The summed E-state index contributed by atoms with van der Waals surface area (Å²) in [5, 5.41) is 4.28. The minimum absolute atomic E-state index is 0.541. The van der Waals surface area contributed by atoms with E-state index in [0.717, 1.165) is 60.5 Å². The zero-order valence-corrected chi connectivity index (χ0v) is 23.3. The Hall–Kier alpha value is -6.14. The standard InChI is InChI=1S/C38H22N4O2/c1-3-9-23(10-4-1)35-40-36(24-11-5-2-6-12-24)42-37(41-35)25-15-17-26(18-16-25)38-39-34-31(44-38)20-19-30-33(34)29-21-27-13-7-8-14-28(27)22-32(29)43-30/h1-22H. The molecule has 44 heavy (non-hydrogen) atoms. The normalized spacial score (nSPS) is 11.6. The van der Waals surface area contributed by atoms with Crippen molar-refractivity contribution >= 4 is 43.8 Å². The van der Waals surface area contributed by atoms with Gasteiger partial charge in [-0.2, -0.15) is 0 Å². The van der Waals surface area contributed by atoms with Gasteiger partial charge >= 0.3 is 0 Å². The molecule has 0 aliphatic heterocycles. The van der Waals surface area contributed by atoms with E-state index in [9.17, 15) is 0 Å². The minimum Gasteiger partial charge on any atom is -0.456 e. The van der Waals surface area contributed by atoms with Gasteiger partial charge in [0.1, 0.15) is 16.7 Å². The lowest BCUT2D eigenvalue weighted by Crippen LogP contribution is -2.00. The van der Waals surface area contributed by atoms with Crippen molar-refractivity contribution in [1.82, 2.24) is 19.9 Å². The molecule has 0 radical (unpaired) electrons. The maximum Gasteiger partial charge on any atom is 0.227 e. The summed E-state index contributed by atoms with van der Waals surface area (Å²) in [6.07, 6.45) is 0. The van der Waals surface area contributed by atoms with Crippen LogP contribution in [0, 0.1) is 0 Å². The van der Waals surface area contributed by atoms with E-state index in [1.807, 2.05) is 109 Å². The predicted octanol–water partition coefficient (Wildman–Crippen LogP) is 9.73. The van der Waals surface area contributed by atoms with E-state index < -0.39 is 0 Å². The topological polar surface area (TPSA) is 77.8 Å². The zero-order valence-electron chi connectivity index (χ0n) is 23.3. The lowest BCUT2D eigenvalue weighted by Gasteiger charge is -2.08. The molecule has 206 valence electrons. The largest absolute Gasteiger partial charge is 0.456 e. The molecule has 0 saturated heterocycles. The van der Waals surface area contributed by atoms with Crippen LogP contribution in [-0.4, -0.2) is 19.9 Å². The van der Waals surface area contributed by atoms with E-state index in [2.05, 4.69) is 24.3 Å². The van der Waals surface area contributed by atoms with Crippen LogP contribution in [0.1, 0.15) is 0 Å². The number of furan rings is 1. The van der Waals surface area contributed by atoms with Crippen LogP contribution >= 0.6 is 0 Å². The Balaban J connectivity index is 1.13. The number of rotatable bonds is 4. The van der Waals surface area contributed by atoms with Crippen LogP contribution in [-0.2, 0) is 0 Å². The van der Waals surface area contributed by atoms with Gasteiger partial charge in [-0.25, -0.2) is 19.9 Å². The van der Waals surface area contributed by atoms with Crippen molar-refractivity contribution in [1.29, 1.82) is 0 Å². The number of hydrogen-bond acceptors (Lipinski definition) is 6. The van der Waals surface area contributed by atoms with Gasteiger partial charge in [0.2, 0.25) is 5.89 Å². The number of benzene rings is 6. The zero-order chi connectivity index (χ0) is 29.0. The second kappa shape index (κ2) is 9.71. The van der Waals surface area contributed by atoms with E-state index in [1.165, 1.54) is 0 Å². The number of oxazole rings is 1. The van der Waals surface area contributed by atoms with E-state index in [0.29, 0.717) is 28.9 Å². The lowest BCUT2D eigenvalue weighted by molar-refractivity contribution is 0.619. The van der Waals surface area contributed by atoms with E-state index >= 15 is 0 Å². The second-order valence-electron chi connectivity index (χ2n) is 10.7. The van der Waals surface area contributed by atoms with Gasteiger partial charge in [0.05, 0.1) is 5.39 Å². The summed E-state index contributed by atoms with van der Waals surface area (Å²) in [6.45, 7) is 0. The van der Waals surface area contributed by atoms with Gasteiger partial charge in [-0.1, -0.05) is 97.1 Å². The molecule has 6 aromatic carbocycles. The van der Waals surface area contributed by atoms with E-state index in [4.69, 9.17) is 28.8 Å². The van der Waals surface area contributed by atoms with Gasteiger partial charge in [0.25, 0.3) is 0 Å². The molecule has 3 heterocycles. The minimum atomic E-state index is 0.541. The first-order valence-electron chi connectivity index (χ1n) is 14.4. The maximum atomic E-state index is 6.27. The van der Waals surface area contributed by atoms with Gasteiger partial charge in [0.15, 0.2) is 23.1 Å². The van der Waals surface area contributed by atoms with Crippen LogP contribution in [0.3, 0.4) is 0 Å². The molecule has 0 N–H and O–H groups in total. The highest BCUT2D eigenvalue weighted by molar-refractivity contribution is 6.19. The van der Waals surface area contributed by atoms with Gasteiger partial charge in [-0.3, -0.25) is 0 Å². The summed E-state index contributed by atoms with van der Waals surface area (Å²) >= 11 is 0. The van der Waals surface area contributed by atoms with E-state index in [-0.39, 0.29) is 0 Å². The molecule has 0 spiro atoms. The van der Waals surface area contributed by atoms with Crippen LogP contribution in [0.4, 0.5) is 0 Å². The molecule has 6 heteroatoms. The fourth-order valence-corrected chi connectivity index (χ4v) is 5.76. The third-order valence-electron chi connectivity index (χ3n) is 7.95. The van der Waals surface area contributed by atoms with Crippen LogP contribution < -0.4 is 0 Å². The molecular weight excluding hydrogens is 544 g/mol. The van der Waals surface area contributed by atoms with Gasteiger partial charge in [0, 0.05) is 27.6 Å². The highest BCUT2D eigenvalue weighted by Crippen LogP contribution is 2.38. The smallest absolute Gasteiger partial charge is 0.227 e. The average molecular weight is 567 g/mol. The highest BCUT2D eigenvalue weighted by Gasteiger charge is 2.18. The third kappa shape index (κ3) is 4.04. The molecule has 6 nitrogen and oxygen atoms in total. The Labute approximate surface area is 251 Å². The van der Waals surface area contributed by atoms with Gasteiger partial charge in [-0.05, 0) is 47.2 Å². The fourth-order valence-electron chi connectivity index (χ4n) is 5.76. The van der Waals surface area contributed by atoms with Crippen molar-refractivity contribution in [3.05, 3.63) is 133 Å². The van der Waals surface area contributed by atoms with Crippen molar-refractivity contribution in [3.8, 4) is 45.6 Å². The Morgan fingerprint density at radius 2 is 0.909 bits per heavy atom. The Morgan fingerprint density at radius 3 is 1.55 bits per heavy atom. The molecule has 0 atom stereocenters. The van der Waals surface area contributed by atoms with Gasteiger partial charge in [-0.15, -0.1) is 0 Å². The molecule has 0 amide bonds. The maximum absolute atomic E-state index is 6.27. The third-order valence-corrected chi connectivity index (χ3v) is 7.95. The Morgan fingerprint density at radius 1 is 0.386 bits per heavy atom. The molecule has 0 saturated carbocycles. The molecule has 9 aromatic rings. The Bertz CT molecular complexity index is 2420. The summed E-state index contributed by atoms with van der Waals surface area (Å²) in [5.74, 6) is 2.39. The summed E-state index contributed by atoms with van der Waals surface area (Å²) in [7, 11) is 0. The first kappa shape index (κ1) is 24.5. The van der Waals surface area contributed by atoms with Crippen LogP contribution in [0.5, 0.6) is 0 Å². The van der Waals surface area contributed by atoms with Crippen molar-refractivity contribution in [2.24, 2.45) is 0 Å². The highest BCUT2D eigenvalue weighted by atomic mass is 16.4. The fraction of sp³-hybridized carbons (Fsp3) is 0. The number of fused-ring (bicyclic) bond motifs is 6. The lowest BCUT2D eigenvalue weighted by atomic mass is 10.1. The molecule has 3 aromatic heterocycles. The first-order valence-corrected chi connectivity index (χ1v) is 14.4. The summed E-state index contributed by atoms with van der Waals surface area (Å²) in [6, 6.07) is 44.3. The van der Waals surface area contributed by atoms with E-state index in [1.54, 1.807) is 0 Å². The second-order valence-corrected chi connectivity index (χ2v) is 10.7. The molecule has 9 rings (SSSR count). The molecule has 0 bridgehead atoms. The van der Waals surface area contributed by atoms with Crippen LogP contribution in [0.15, 0.2) is 142 Å². The van der Waals surface area contributed by atoms with Crippen LogP contribution in [0.2, 0.25) is 0 Å². The predicted molar refractivity (Wildman–Crippen MR) is 174 cm³/mol. The quantitative estimate of drug-likeness (QED) is 0.211. The van der Waals surface area contributed by atoms with Crippen molar-refractivity contribution in [2.45, 2.75) is 0 Å². The average Bonchev–Trinajstić information content (AvgIpc) is 3.69. The molecule has 0 aliphatic rings.